The highest BCUT2D eigenvalue weighted by Gasteiger charge is 2.37. The van der Waals surface area contributed by atoms with Crippen LogP contribution in [0.5, 0.6) is 0 Å². The Morgan fingerprint density at radius 2 is 2.10 bits per heavy atom. The lowest BCUT2D eigenvalue weighted by molar-refractivity contribution is 0.0505. The number of carbonyl (C=O) groups excluding carboxylic acids is 1. The molecule has 3 rings (SSSR count). The molecule has 0 radical (unpaired) electrons. The first-order valence-electron chi connectivity index (χ1n) is 7.30. The quantitative estimate of drug-likeness (QED) is 0.937. The third-order valence-electron chi connectivity index (χ3n) is 4.16. The van der Waals surface area contributed by atoms with Gasteiger partial charge < -0.3 is 14.6 Å². The van der Waals surface area contributed by atoms with Gasteiger partial charge in [0.15, 0.2) is 0 Å². The van der Waals surface area contributed by atoms with Crippen LogP contribution in [-0.2, 0) is 11.2 Å². The number of H-pyrrole nitrogens is 1. The maximum Gasteiger partial charge on any atom is 0.270 e. The average molecular weight is 284 g/mol. The van der Waals surface area contributed by atoms with E-state index in [1.807, 2.05) is 35.2 Å². The van der Waals surface area contributed by atoms with Gasteiger partial charge in [0.2, 0.25) is 0 Å². The molecule has 2 atom stereocenters. The summed E-state index contributed by atoms with van der Waals surface area (Å²) in [6.07, 6.45) is 3.60. The SMILES string of the molecule is CO[C@@H]1CCN(C(=O)c2ccc[nH]2)[C@H]1Cc1ccccc1. The zero-order valence-electron chi connectivity index (χ0n) is 12.2. The number of aromatic nitrogens is 1. The number of carbonyl (C=O) groups is 1. The van der Waals surface area contributed by atoms with Crippen molar-refractivity contribution in [2.75, 3.05) is 13.7 Å². The number of likely N-dealkylation sites (tertiary alicyclic amines) is 1. The summed E-state index contributed by atoms with van der Waals surface area (Å²) < 4.78 is 5.59. The van der Waals surface area contributed by atoms with Crippen molar-refractivity contribution in [2.45, 2.75) is 25.0 Å². The lowest BCUT2D eigenvalue weighted by Crippen LogP contribution is -2.41. The van der Waals surface area contributed by atoms with E-state index in [9.17, 15) is 4.79 Å². The number of hydrogen-bond acceptors (Lipinski definition) is 2. The number of ether oxygens (including phenoxy) is 1. The predicted octanol–water partition coefficient (Wildman–Crippen LogP) is 2.49. The number of benzene rings is 1. The Morgan fingerprint density at radius 3 is 2.76 bits per heavy atom. The van der Waals surface area contributed by atoms with E-state index in [-0.39, 0.29) is 18.1 Å². The molecule has 0 saturated carbocycles. The molecule has 1 aromatic carbocycles. The molecule has 4 heteroatoms. The van der Waals surface area contributed by atoms with Crippen molar-refractivity contribution in [3.63, 3.8) is 0 Å². The monoisotopic (exact) mass is 284 g/mol. The minimum absolute atomic E-state index is 0.0560. The summed E-state index contributed by atoms with van der Waals surface area (Å²) in [7, 11) is 1.73. The van der Waals surface area contributed by atoms with E-state index in [0.717, 1.165) is 19.4 Å². The Hall–Kier alpha value is -2.07. The summed E-state index contributed by atoms with van der Waals surface area (Å²) in [5.74, 6) is 0.0560. The molecule has 0 spiro atoms. The molecule has 110 valence electrons. The van der Waals surface area contributed by atoms with Gasteiger partial charge in [0.1, 0.15) is 5.69 Å². The molecule has 0 unspecified atom stereocenters. The maximum absolute atomic E-state index is 12.6. The van der Waals surface area contributed by atoms with Crippen LogP contribution >= 0.6 is 0 Å². The molecule has 21 heavy (non-hydrogen) atoms. The Morgan fingerprint density at radius 1 is 1.29 bits per heavy atom. The molecular weight excluding hydrogens is 264 g/mol. The van der Waals surface area contributed by atoms with Gasteiger partial charge in [-0.1, -0.05) is 30.3 Å². The van der Waals surface area contributed by atoms with Gasteiger partial charge in [-0.25, -0.2) is 0 Å². The predicted molar refractivity (Wildman–Crippen MR) is 81.2 cm³/mol. The highest BCUT2D eigenvalue weighted by molar-refractivity contribution is 5.92. The lowest BCUT2D eigenvalue weighted by Gasteiger charge is -2.27. The van der Waals surface area contributed by atoms with Crippen LogP contribution in [0.4, 0.5) is 0 Å². The molecule has 0 aliphatic carbocycles. The van der Waals surface area contributed by atoms with E-state index in [1.165, 1.54) is 5.56 Å². The van der Waals surface area contributed by atoms with Crippen molar-refractivity contribution in [3.05, 3.63) is 59.9 Å². The van der Waals surface area contributed by atoms with Crippen LogP contribution < -0.4 is 0 Å². The molecule has 1 saturated heterocycles. The number of aromatic amines is 1. The van der Waals surface area contributed by atoms with Gasteiger partial charge in [0, 0.05) is 19.9 Å². The molecule has 0 bridgehead atoms. The van der Waals surface area contributed by atoms with Crippen LogP contribution in [0, 0.1) is 0 Å². The number of rotatable bonds is 4. The van der Waals surface area contributed by atoms with E-state index >= 15 is 0 Å². The van der Waals surface area contributed by atoms with Crippen molar-refractivity contribution in [1.82, 2.24) is 9.88 Å². The molecule has 1 amide bonds. The molecule has 1 aliphatic rings. The van der Waals surface area contributed by atoms with Crippen molar-refractivity contribution < 1.29 is 9.53 Å². The molecule has 1 aliphatic heterocycles. The molecule has 1 N–H and O–H groups in total. The van der Waals surface area contributed by atoms with Crippen molar-refractivity contribution in [2.24, 2.45) is 0 Å². The van der Waals surface area contributed by atoms with Crippen LogP contribution in [0.15, 0.2) is 48.7 Å². The topological polar surface area (TPSA) is 45.3 Å². The highest BCUT2D eigenvalue weighted by atomic mass is 16.5. The van der Waals surface area contributed by atoms with E-state index in [4.69, 9.17) is 4.74 Å². The van der Waals surface area contributed by atoms with Crippen LogP contribution in [0.2, 0.25) is 0 Å². The molecular formula is C17H20N2O2. The van der Waals surface area contributed by atoms with Crippen LogP contribution in [0.3, 0.4) is 0 Å². The standard InChI is InChI=1S/C17H20N2O2/c1-21-16-9-11-19(17(20)14-8-5-10-18-14)15(16)12-13-6-3-2-4-7-13/h2-8,10,15-16,18H,9,11-12H2,1H3/t15-,16+/m0/s1. The number of nitrogens with zero attached hydrogens (tertiary/aromatic N) is 1. The molecule has 1 aromatic heterocycles. The zero-order chi connectivity index (χ0) is 14.7. The minimum Gasteiger partial charge on any atom is -0.379 e. The van der Waals surface area contributed by atoms with Crippen LogP contribution in [0.25, 0.3) is 0 Å². The largest absolute Gasteiger partial charge is 0.379 e. The average Bonchev–Trinajstić information content (AvgIpc) is 3.17. The maximum atomic E-state index is 12.6. The molecule has 2 heterocycles. The van der Waals surface area contributed by atoms with Gasteiger partial charge in [-0.2, -0.15) is 0 Å². The first-order chi connectivity index (χ1) is 10.3. The van der Waals surface area contributed by atoms with Gasteiger partial charge in [0.25, 0.3) is 5.91 Å². The summed E-state index contributed by atoms with van der Waals surface area (Å²) in [5.41, 5.74) is 1.88. The van der Waals surface area contributed by atoms with Crippen molar-refractivity contribution in [1.29, 1.82) is 0 Å². The third kappa shape index (κ3) is 2.85. The summed E-state index contributed by atoms with van der Waals surface area (Å²) in [6.45, 7) is 0.744. The van der Waals surface area contributed by atoms with E-state index in [2.05, 4.69) is 17.1 Å². The Bertz CT molecular complexity index is 580. The first kappa shape index (κ1) is 13.9. The normalized spacial score (nSPS) is 21.7. The second kappa shape index (κ2) is 6.14. The van der Waals surface area contributed by atoms with E-state index < -0.39 is 0 Å². The lowest BCUT2D eigenvalue weighted by atomic mass is 10.0. The number of nitrogens with one attached hydrogen (secondary N) is 1. The van der Waals surface area contributed by atoms with Gasteiger partial charge in [-0.3, -0.25) is 4.79 Å². The number of methoxy groups -OCH3 is 1. The summed E-state index contributed by atoms with van der Waals surface area (Å²) >= 11 is 0. The Labute approximate surface area is 124 Å². The second-order valence-corrected chi connectivity index (χ2v) is 5.40. The van der Waals surface area contributed by atoms with Gasteiger partial charge in [-0.15, -0.1) is 0 Å². The molecule has 4 nitrogen and oxygen atoms in total. The van der Waals surface area contributed by atoms with Crippen molar-refractivity contribution in [3.8, 4) is 0 Å². The summed E-state index contributed by atoms with van der Waals surface area (Å²) in [5, 5.41) is 0. The Kier molecular flexibility index (Phi) is 4.06. The summed E-state index contributed by atoms with van der Waals surface area (Å²) in [6, 6.07) is 14.0. The van der Waals surface area contributed by atoms with Gasteiger partial charge >= 0.3 is 0 Å². The molecule has 2 aromatic rings. The minimum atomic E-state index is 0.0560. The number of hydrogen-bond donors (Lipinski definition) is 1. The third-order valence-corrected chi connectivity index (χ3v) is 4.16. The van der Waals surface area contributed by atoms with Crippen LogP contribution in [-0.4, -0.2) is 41.6 Å². The van der Waals surface area contributed by atoms with Crippen molar-refractivity contribution >= 4 is 5.91 Å². The first-order valence-corrected chi connectivity index (χ1v) is 7.30. The van der Waals surface area contributed by atoms with Gasteiger partial charge in [-0.05, 0) is 30.5 Å². The highest BCUT2D eigenvalue weighted by Crippen LogP contribution is 2.25. The van der Waals surface area contributed by atoms with E-state index in [1.54, 1.807) is 13.3 Å². The molecule has 1 fully saturated rings. The second-order valence-electron chi connectivity index (χ2n) is 5.40. The van der Waals surface area contributed by atoms with Crippen LogP contribution in [0.1, 0.15) is 22.5 Å². The smallest absolute Gasteiger partial charge is 0.270 e. The fourth-order valence-corrected chi connectivity index (χ4v) is 3.07. The summed E-state index contributed by atoms with van der Waals surface area (Å²) in [4.78, 5) is 17.5. The van der Waals surface area contributed by atoms with E-state index in [0.29, 0.717) is 5.69 Å². The fraction of sp³-hybridized carbons (Fsp3) is 0.353. The van der Waals surface area contributed by atoms with Gasteiger partial charge in [0.05, 0.1) is 12.1 Å². The zero-order valence-corrected chi connectivity index (χ0v) is 12.2. The number of amides is 1. The Balaban J connectivity index is 1.80. The fourth-order valence-electron chi connectivity index (χ4n) is 3.07.